The highest BCUT2D eigenvalue weighted by molar-refractivity contribution is 5.75. The van der Waals surface area contributed by atoms with Crippen LogP contribution in [0.25, 0.3) is 0 Å². The average molecular weight is 178 g/mol. The smallest absolute Gasteiger partial charge is 0.322 e. The zero-order valence-electron chi connectivity index (χ0n) is 7.18. The maximum Gasteiger partial charge on any atom is 0.322 e. The van der Waals surface area contributed by atoms with Crippen LogP contribution in [0.1, 0.15) is 12.8 Å². The van der Waals surface area contributed by atoms with Crippen LogP contribution in [-0.4, -0.2) is 32.5 Å². The van der Waals surface area contributed by atoms with E-state index < -0.39 is 18.8 Å². The van der Waals surface area contributed by atoms with Gasteiger partial charge in [0.25, 0.3) is 0 Å². The molecule has 0 aromatic carbocycles. The monoisotopic (exact) mass is 178 g/mol. The fourth-order valence-electron chi connectivity index (χ4n) is 0.861. The highest BCUT2D eigenvalue weighted by atomic mass is 19.1. The van der Waals surface area contributed by atoms with Crippen LogP contribution in [-0.2, 0) is 9.53 Å². The fourth-order valence-corrected chi connectivity index (χ4v) is 0.861. The van der Waals surface area contributed by atoms with Gasteiger partial charge in [0.15, 0.2) is 0 Å². The standard InChI is InChI=1S/C7H15FN2O2/c1-12-7(11)6(10-5-8)3-2-4-9/h6,10H,2-5,9H2,1H3. The van der Waals surface area contributed by atoms with Crippen LogP contribution < -0.4 is 11.1 Å². The molecule has 0 spiro atoms. The van der Waals surface area contributed by atoms with Crippen molar-refractivity contribution in [3.8, 4) is 0 Å². The molecule has 5 heteroatoms. The molecule has 0 saturated heterocycles. The molecule has 0 aliphatic heterocycles. The molecule has 0 heterocycles. The zero-order chi connectivity index (χ0) is 9.40. The van der Waals surface area contributed by atoms with Gasteiger partial charge in [-0.3, -0.25) is 10.1 Å². The molecule has 0 saturated carbocycles. The first kappa shape index (κ1) is 11.3. The number of rotatable bonds is 6. The van der Waals surface area contributed by atoms with E-state index >= 15 is 0 Å². The number of hydrogen-bond donors (Lipinski definition) is 2. The summed E-state index contributed by atoms with van der Waals surface area (Å²) in [6.07, 6.45) is 1.18. The van der Waals surface area contributed by atoms with Crippen LogP contribution in [0.2, 0.25) is 0 Å². The molecule has 1 unspecified atom stereocenters. The lowest BCUT2D eigenvalue weighted by Crippen LogP contribution is -2.37. The Morgan fingerprint density at radius 1 is 1.75 bits per heavy atom. The summed E-state index contributed by atoms with van der Waals surface area (Å²) < 4.78 is 16.3. The first-order valence-corrected chi connectivity index (χ1v) is 3.83. The van der Waals surface area contributed by atoms with Crippen molar-refractivity contribution in [1.29, 1.82) is 0 Å². The summed E-state index contributed by atoms with van der Waals surface area (Å²) in [7, 11) is 1.28. The molecule has 1 atom stereocenters. The number of esters is 1. The molecule has 0 aromatic heterocycles. The summed E-state index contributed by atoms with van der Waals surface area (Å²) in [6, 6.07) is -0.566. The first-order chi connectivity index (χ1) is 5.76. The molecule has 0 aromatic rings. The number of halogens is 1. The molecule has 0 amide bonds. The van der Waals surface area contributed by atoms with Crippen LogP contribution in [0.3, 0.4) is 0 Å². The van der Waals surface area contributed by atoms with Gasteiger partial charge in [-0.15, -0.1) is 0 Å². The van der Waals surface area contributed by atoms with E-state index in [9.17, 15) is 9.18 Å². The van der Waals surface area contributed by atoms with Crippen molar-refractivity contribution in [2.45, 2.75) is 18.9 Å². The van der Waals surface area contributed by atoms with E-state index in [0.29, 0.717) is 19.4 Å². The third kappa shape index (κ3) is 4.25. The highest BCUT2D eigenvalue weighted by Gasteiger charge is 2.16. The van der Waals surface area contributed by atoms with Crippen LogP contribution in [0.5, 0.6) is 0 Å². The lowest BCUT2D eigenvalue weighted by Gasteiger charge is -2.13. The maximum absolute atomic E-state index is 11.8. The number of nitrogens with two attached hydrogens (primary N) is 1. The summed E-state index contributed by atoms with van der Waals surface area (Å²) >= 11 is 0. The fraction of sp³-hybridized carbons (Fsp3) is 0.857. The van der Waals surface area contributed by atoms with Gasteiger partial charge in [0.05, 0.1) is 7.11 Å². The Labute approximate surface area is 71.3 Å². The van der Waals surface area contributed by atoms with E-state index in [2.05, 4.69) is 10.1 Å². The Kier molecular flexibility index (Phi) is 6.60. The number of alkyl halides is 1. The van der Waals surface area contributed by atoms with Gasteiger partial charge < -0.3 is 10.5 Å². The van der Waals surface area contributed by atoms with E-state index in [1.807, 2.05) is 0 Å². The minimum Gasteiger partial charge on any atom is -0.468 e. The minimum atomic E-state index is -0.732. The maximum atomic E-state index is 11.8. The van der Waals surface area contributed by atoms with Gasteiger partial charge in [-0.05, 0) is 19.4 Å². The average Bonchev–Trinajstić information content (AvgIpc) is 2.11. The summed E-state index contributed by atoms with van der Waals surface area (Å²) in [5.74, 6) is -0.443. The second-order valence-electron chi connectivity index (χ2n) is 2.34. The zero-order valence-corrected chi connectivity index (χ0v) is 7.18. The third-order valence-electron chi connectivity index (χ3n) is 1.51. The van der Waals surface area contributed by atoms with Crippen molar-refractivity contribution in [2.75, 3.05) is 20.5 Å². The Bertz CT molecular complexity index is 133. The van der Waals surface area contributed by atoms with Gasteiger partial charge in [0.2, 0.25) is 0 Å². The van der Waals surface area contributed by atoms with Crippen molar-refractivity contribution in [3.63, 3.8) is 0 Å². The summed E-state index contributed by atoms with van der Waals surface area (Å²) in [5.41, 5.74) is 5.24. The first-order valence-electron chi connectivity index (χ1n) is 3.83. The largest absolute Gasteiger partial charge is 0.468 e. The van der Waals surface area contributed by atoms with E-state index in [1.54, 1.807) is 0 Å². The predicted molar refractivity (Wildman–Crippen MR) is 43.2 cm³/mol. The normalized spacial score (nSPS) is 12.6. The highest BCUT2D eigenvalue weighted by Crippen LogP contribution is 1.98. The lowest BCUT2D eigenvalue weighted by molar-refractivity contribution is -0.143. The van der Waals surface area contributed by atoms with Gasteiger partial charge in [-0.1, -0.05) is 0 Å². The Balaban J connectivity index is 3.76. The van der Waals surface area contributed by atoms with Crippen molar-refractivity contribution in [3.05, 3.63) is 0 Å². The molecule has 3 N–H and O–H groups in total. The Morgan fingerprint density at radius 2 is 2.42 bits per heavy atom. The SMILES string of the molecule is COC(=O)C(CCCN)NCF. The molecule has 0 fully saturated rings. The Morgan fingerprint density at radius 3 is 2.83 bits per heavy atom. The molecule has 0 rings (SSSR count). The number of ether oxygens (including phenoxy) is 1. The number of methoxy groups -OCH3 is 1. The van der Waals surface area contributed by atoms with Gasteiger partial charge in [0, 0.05) is 0 Å². The topological polar surface area (TPSA) is 64.3 Å². The van der Waals surface area contributed by atoms with Gasteiger partial charge in [-0.2, -0.15) is 0 Å². The number of carbonyl (C=O) groups is 1. The van der Waals surface area contributed by atoms with Crippen LogP contribution in [0.4, 0.5) is 4.39 Å². The Hall–Kier alpha value is -0.680. The molecule has 0 aliphatic rings. The molecule has 12 heavy (non-hydrogen) atoms. The van der Waals surface area contributed by atoms with Crippen LogP contribution in [0.15, 0.2) is 0 Å². The number of nitrogens with one attached hydrogen (secondary N) is 1. The van der Waals surface area contributed by atoms with E-state index in [4.69, 9.17) is 5.73 Å². The summed E-state index contributed by atoms with van der Waals surface area (Å²) in [4.78, 5) is 10.9. The minimum absolute atomic E-state index is 0.443. The molecular weight excluding hydrogens is 163 g/mol. The number of carbonyl (C=O) groups excluding carboxylic acids is 1. The van der Waals surface area contributed by atoms with Gasteiger partial charge in [0.1, 0.15) is 12.8 Å². The van der Waals surface area contributed by atoms with Crippen molar-refractivity contribution < 1.29 is 13.9 Å². The molecule has 4 nitrogen and oxygen atoms in total. The molecular formula is C7H15FN2O2. The summed E-state index contributed by atoms with van der Waals surface area (Å²) in [5, 5.41) is 2.37. The second-order valence-corrected chi connectivity index (χ2v) is 2.34. The van der Waals surface area contributed by atoms with Crippen molar-refractivity contribution in [1.82, 2.24) is 5.32 Å². The molecule has 0 aliphatic carbocycles. The van der Waals surface area contributed by atoms with E-state index in [0.717, 1.165) is 0 Å². The van der Waals surface area contributed by atoms with E-state index in [1.165, 1.54) is 7.11 Å². The van der Waals surface area contributed by atoms with Gasteiger partial charge >= 0.3 is 5.97 Å². The molecule has 0 radical (unpaired) electrons. The quantitative estimate of drug-likeness (QED) is 0.436. The molecule has 0 bridgehead atoms. The van der Waals surface area contributed by atoms with Crippen LogP contribution in [0, 0.1) is 0 Å². The van der Waals surface area contributed by atoms with Crippen LogP contribution >= 0.6 is 0 Å². The van der Waals surface area contributed by atoms with E-state index in [-0.39, 0.29) is 0 Å². The summed E-state index contributed by atoms with van der Waals surface area (Å²) in [6.45, 7) is -0.244. The molecule has 72 valence electrons. The number of hydrogen-bond acceptors (Lipinski definition) is 4. The lowest BCUT2D eigenvalue weighted by atomic mass is 10.1. The van der Waals surface area contributed by atoms with Crippen molar-refractivity contribution >= 4 is 5.97 Å². The second kappa shape index (κ2) is 7.00. The van der Waals surface area contributed by atoms with Crippen molar-refractivity contribution in [2.24, 2.45) is 5.73 Å². The predicted octanol–water partition coefficient (Wildman–Crippen LogP) is -0.217. The third-order valence-corrected chi connectivity index (χ3v) is 1.51. The van der Waals surface area contributed by atoms with Gasteiger partial charge in [-0.25, -0.2) is 4.39 Å².